The number of nitrogens with zero attached hydrogens (tertiary/aromatic N) is 1. The summed E-state index contributed by atoms with van der Waals surface area (Å²) in [4.78, 5) is 39.2. The quantitative estimate of drug-likeness (QED) is 0.151. The molecule has 1 aliphatic heterocycles. The number of imide groups is 1. The third-order valence-electron chi connectivity index (χ3n) is 5.76. The maximum atomic E-state index is 13.0. The molecular weight excluding hydrogens is 547 g/mol. The van der Waals surface area contributed by atoms with Gasteiger partial charge in [0.05, 0.1) is 21.3 Å². The molecule has 0 saturated heterocycles. The van der Waals surface area contributed by atoms with E-state index in [1.54, 1.807) is 36.4 Å². The zero-order valence-electron chi connectivity index (χ0n) is 19.5. The van der Waals surface area contributed by atoms with Crippen molar-refractivity contribution in [3.8, 4) is 16.9 Å². The molecule has 4 aromatic rings. The van der Waals surface area contributed by atoms with Gasteiger partial charge in [0.1, 0.15) is 16.5 Å². The van der Waals surface area contributed by atoms with Gasteiger partial charge < -0.3 is 10.1 Å². The van der Waals surface area contributed by atoms with Gasteiger partial charge in [0.2, 0.25) is 0 Å². The first kappa shape index (κ1) is 25.5. The van der Waals surface area contributed by atoms with Gasteiger partial charge in [0.25, 0.3) is 11.8 Å². The maximum Gasteiger partial charge on any atom is 0.343 e. The van der Waals surface area contributed by atoms with Crippen LogP contribution in [0.2, 0.25) is 10.0 Å². The van der Waals surface area contributed by atoms with Crippen molar-refractivity contribution in [3.63, 3.8) is 0 Å². The average molecular weight is 564 g/mol. The minimum Gasteiger partial charge on any atom is -0.423 e. The van der Waals surface area contributed by atoms with Crippen LogP contribution in [0, 0.1) is 0 Å². The number of hydrogen-bond donors (Lipinski definition) is 1. The Morgan fingerprint density at radius 1 is 0.711 bits per heavy atom. The van der Waals surface area contributed by atoms with Crippen molar-refractivity contribution >= 4 is 64.0 Å². The number of halogens is 3. The Kier molecular flexibility index (Phi) is 7.20. The molecule has 0 aromatic heterocycles. The Labute approximate surface area is 233 Å². The predicted octanol–water partition coefficient (Wildman–Crippen LogP) is 7.32. The highest BCUT2D eigenvalue weighted by Crippen LogP contribution is 2.37. The monoisotopic (exact) mass is 562 g/mol. The highest BCUT2D eigenvalue weighted by atomic mass is 35.5. The number of hydrogen-bond acceptors (Lipinski definition) is 5. The fourth-order valence-electron chi connectivity index (χ4n) is 3.84. The van der Waals surface area contributed by atoms with E-state index in [2.05, 4.69) is 5.32 Å². The first-order valence-corrected chi connectivity index (χ1v) is 12.4. The van der Waals surface area contributed by atoms with E-state index in [1.165, 1.54) is 18.2 Å². The average Bonchev–Trinajstić information content (AvgIpc) is 3.14. The smallest absolute Gasteiger partial charge is 0.343 e. The summed E-state index contributed by atoms with van der Waals surface area (Å²) in [7, 11) is 0. The summed E-state index contributed by atoms with van der Waals surface area (Å²) >= 11 is 18.4. The zero-order chi connectivity index (χ0) is 26.8. The van der Waals surface area contributed by atoms with Crippen LogP contribution in [0.4, 0.5) is 11.4 Å². The van der Waals surface area contributed by atoms with Gasteiger partial charge in [-0.2, -0.15) is 0 Å². The van der Waals surface area contributed by atoms with E-state index in [1.807, 2.05) is 42.5 Å². The van der Waals surface area contributed by atoms with Crippen LogP contribution < -0.4 is 15.0 Å². The van der Waals surface area contributed by atoms with Gasteiger partial charge in [0.15, 0.2) is 0 Å². The van der Waals surface area contributed by atoms with Crippen LogP contribution in [0.5, 0.6) is 5.75 Å². The number of benzene rings is 4. The van der Waals surface area contributed by atoms with E-state index in [0.717, 1.165) is 16.0 Å². The van der Waals surface area contributed by atoms with Crippen LogP contribution in [0.1, 0.15) is 10.4 Å². The summed E-state index contributed by atoms with van der Waals surface area (Å²) in [5.74, 6) is -1.56. The molecule has 9 heteroatoms. The molecule has 1 heterocycles. The molecule has 0 radical (unpaired) electrons. The van der Waals surface area contributed by atoms with Gasteiger partial charge in [-0.15, -0.1) is 0 Å². The normalized spacial score (nSPS) is 13.2. The molecule has 0 atom stereocenters. The number of carbonyl (C=O) groups excluding carboxylic acids is 3. The Morgan fingerprint density at radius 3 is 2.05 bits per heavy atom. The molecule has 188 valence electrons. The topological polar surface area (TPSA) is 75.7 Å². The molecular formula is C29H17Cl3N2O4. The molecule has 0 saturated carbocycles. The Bertz CT molecular complexity index is 1580. The van der Waals surface area contributed by atoms with Crippen molar-refractivity contribution in [1.29, 1.82) is 0 Å². The minimum atomic E-state index is -0.734. The highest BCUT2D eigenvalue weighted by Gasteiger charge is 2.40. The second-order valence-corrected chi connectivity index (χ2v) is 9.35. The summed E-state index contributed by atoms with van der Waals surface area (Å²) in [6, 6.07) is 27.9. The second-order valence-electron chi connectivity index (χ2n) is 8.19. The summed E-state index contributed by atoms with van der Waals surface area (Å²) in [5.41, 5.74) is 2.79. The predicted molar refractivity (Wildman–Crippen MR) is 149 cm³/mol. The Balaban J connectivity index is 1.26. The van der Waals surface area contributed by atoms with E-state index < -0.39 is 17.8 Å². The van der Waals surface area contributed by atoms with Crippen LogP contribution in [-0.4, -0.2) is 17.8 Å². The van der Waals surface area contributed by atoms with Gasteiger partial charge in [-0.05, 0) is 59.7 Å². The number of ether oxygens (including phenoxy) is 1. The molecule has 38 heavy (non-hydrogen) atoms. The van der Waals surface area contributed by atoms with Crippen LogP contribution in [0.15, 0.2) is 108 Å². The van der Waals surface area contributed by atoms with Crippen molar-refractivity contribution in [2.45, 2.75) is 0 Å². The summed E-state index contributed by atoms with van der Waals surface area (Å²) in [5, 5.41) is 2.80. The summed E-state index contributed by atoms with van der Waals surface area (Å²) in [6.45, 7) is 0. The van der Waals surface area contributed by atoms with Crippen molar-refractivity contribution in [2.24, 2.45) is 0 Å². The summed E-state index contributed by atoms with van der Waals surface area (Å²) < 4.78 is 5.48. The second kappa shape index (κ2) is 10.7. The van der Waals surface area contributed by atoms with E-state index >= 15 is 0 Å². The molecule has 0 bridgehead atoms. The number of anilines is 2. The number of esters is 1. The van der Waals surface area contributed by atoms with Crippen molar-refractivity contribution in [2.75, 3.05) is 10.2 Å². The minimum absolute atomic E-state index is 0.0548. The molecule has 0 fully saturated rings. The van der Waals surface area contributed by atoms with E-state index in [4.69, 9.17) is 39.5 Å². The number of carbonyl (C=O) groups is 3. The van der Waals surface area contributed by atoms with Gasteiger partial charge in [0, 0.05) is 5.69 Å². The lowest BCUT2D eigenvalue weighted by Crippen LogP contribution is -2.32. The molecule has 6 nitrogen and oxygen atoms in total. The molecule has 2 amide bonds. The Hall–Kier alpha value is -4.10. The molecule has 0 aliphatic carbocycles. The number of nitrogens with one attached hydrogen (secondary N) is 1. The molecule has 5 rings (SSSR count). The maximum absolute atomic E-state index is 13.0. The first-order chi connectivity index (χ1) is 18.3. The van der Waals surface area contributed by atoms with Crippen LogP contribution in [0.3, 0.4) is 0 Å². The van der Waals surface area contributed by atoms with E-state index in [-0.39, 0.29) is 26.5 Å². The molecule has 4 aromatic carbocycles. The summed E-state index contributed by atoms with van der Waals surface area (Å²) in [6.07, 6.45) is 0. The highest BCUT2D eigenvalue weighted by molar-refractivity contribution is 6.54. The lowest BCUT2D eigenvalue weighted by molar-refractivity contribution is -0.120. The molecule has 1 aliphatic rings. The van der Waals surface area contributed by atoms with Crippen LogP contribution >= 0.6 is 34.8 Å². The molecule has 1 N–H and O–H groups in total. The lowest BCUT2D eigenvalue weighted by atomic mass is 10.1. The SMILES string of the molecule is O=C(Oc1ccc(-c2ccccc2)cc1)c1ccc(NC2=C(Cl)C(=O)N(c3cccc(Cl)c3Cl)C2=O)cc1. The van der Waals surface area contributed by atoms with Crippen LogP contribution in [0.25, 0.3) is 11.1 Å². The third-order valence-corrected chi connectivity index (χ3v) is 6.92. The lowest BCUT2D eigenvalue weighted by Gasteiger charge is -2.17. The van der Waals surface area contributed by atoms with Gasteiger partial charge in [-0.1, -0.05) is 83.3 Å². The fourth-order valence-corrected chi connectivity index (χ4v) is 4.43. The van der Waals surface area contributed by atoms with Gasteiger partial charge >= 0.3 is 5.97 Å². The van der Waals surface area contributed by atoms with Crippen LogP contribution in [-0.2, 0) is 9.59 Å². The number of rotatable bonds is 6. The van der Waals surface area contributed by atoms with Gasteiger partial charge in [-0.3, -0.25) is 9.59 Å². The van der Waals surface area contributed by atoms with Gasteiger partial charge in [-0.25, -0.2) is 9.69 Å². The third kappa shape index (κ3) is 5.02. The molecule has 0 unspecified atom stereocenters. The van der Waals surface area contributed by atoms with Crippen molar-refractivity contribution in [1.82, 2.24) is 0 Å². The zero-order valence-corrected chi connectivity index (χ0v) is 21.7. The Morgan fingerprint density at radius 2 is 1.37 bits per heavy atom. The van der Waals surface area contributed by atoms with Crippen molar-refractivity contribution < 1.29 is 19.1 Å². The molecule has 0 spiro atoms. The van der Waals surface area contributed by atoms with Crippen molar-refractivity contribution in [3.05, 3.63) is 123 Å². The largest absolute Gasteiger partial charge is 0.423 e. The number of amides is 2. The van der Waals surface area contributed by atoms with E-state index in [0.29, 0.717) is 17.0 Å². The standard InChI is InChI=1S/C29H17Cl3N2O4/c30-22-7-4-8-23(24(22)31)34-27(35)25(32)26(28(34)36)33-20-13-9-19(10-14-20)29(37)38-21-15-11-18(12-16-21)17-5-2-1-3-6-17/h1-16,33H. The van der Waals surface area contributed by atoms with E-state index in [9.17, 15) is 14.4 Å². The fraction of sp³-hybridized carbons (Fsp3) is 0. The first-order valence-electron chi connectivity index (χ1n) is 11.3.